The fraction of sp³-hybridized carbons (Fsp3) is 0.385. The molecule has 0 atom stereocenters. The van der Waals surface area contributed by atoms with Gasteiger partial charge in [0.15, 0.2) is 9.84 Å². The summed E-state index contributed by atoms with van der Waals surface area (Å²) in [6, 6.07) is 4.90. The summed E-state index contributed by atoms with van der Waals surface area (Å²) in [5, 5.41) is 3.61. The van der Waals surface area contributed by atoms with E-state index in [4.69, 9.17) is 16.3 Å². The maximum absolute atomic E-state index is 11.7. The number of hydrogen-bond donors (Lipinski definition) is 1. The summed E-state index contributed by atoms with van der Waals surface area (Å²) in [4.78, 5) is 0.273. The second-order valence-electron chi connectivity index (χ2n) is 4.06. The Bertz CT molecular complexity index is 529. The van der Waals surface area contributed by atoms with Crippen molar-refractivity contribution in [2.75, 3.05) is 19.4 Å². The summed E-state index contributed by atoms with van der Waals surface area (Å²) in [5.41, 5.74) is 0.608. The van der Waals surface area contributed by atoms with Gasteiger partial charge in [0, 0.05) is 23.4 Å². The third kappa shape index (κ3) is 5.22. The highest BCUT2D eigenvalue weighted by Crippen LogP contribution is 2.23. The molecule has 6 heteroatoms. The van der Waals surface area contributed by atoms with E-state index in [1.54, 1.807) is 18.2 Å². The lowest BCUT2D eigenvalue weighted by Gasteiger charge is -2.11. The molecule has 1 N–H and O–H groups in total. The average Bonchev–Trinajstić information content (AvgIpc) is 2.33. The van der Waals surface area contributed by atoms with E-state index in [9.17, 15) is 8.42 Å². The van der Waals surface area contributed by atoms with Crippen LogP contribution in [0.4, 0.5) is 0 Å². The number of nitrogens with one attached hydrogen (secondary N) is 1. The van der Waals surface area contributed by atoms with Crippen LogP contribution in [0.2, 0.25) is 5.02 Å². The van der Waals surface area contributed by atoms with Gasteiger partial charge < -0.3 is 10.1 Å². The highest BCUT2D eigenvalue weighted by molar-refractivity contribution is 7.90. The minimum absolute atomic E-state index is 0.273. The monoisotopic (exact) mass is 303 g/mol. The molecule has 0 heterocycles. The Morgan fingerprint density at radius 3 is 2.84 bits per heavy atom. The van der Waals surface area contributed by atoms with Crippen LogP contribution in [0.15, 0.2) is 35.9 Å². The maximum Gasteiger partial charge on any atom is 0.175 e. The molecule has 0 bridgehead atoms. The number of hydrogen-bond acceptors (Lipinski definition) is 4. The van der Waals surface area contributed by atoms with Crippen molar-refractivity contribution < 1.29 is 13.2 Å². The van der Waals surface area contributed by atoms with E-state index in [0.29, 0.717) is 30.3 Å². The fourth-order valence-corrected chi connectivity index (χ4v) is 2.89. The zero-order valence-electron chi connectivity index (χ0n) is 10.9. The maximum atomic E-state index is 11.7. The topological polar surface area (TPSA) is 55.4 Å². The number of rotatable bonds is 8. The lowest BCUT2D eigenvalue weighted by Crippen LogP contribution is -2.18. The third-order valence-electron chi connectivity index (χ3n) is 2.51. The van der Waals surface area contributed by atoms with Crippen LogP contribution < -0.4 is 5.32 Å². The van der Waals surface area contributed by atoms with E-state index in [2.05, 4.69) is 11.9 Å². The molecule has 19 heavy (non-hydrogen) atoms. The van der Waals surface area contributed by atoms with Crippen molar-refractivity contribution in [1.29, 1.82) is 0 Å². The van der Waals surface area contributed by atoms with Gasteiger partial charge in [0.25, 0.3) is 0 Å². The molecule has 1 aromatic carbocycles. The van der Waals surface area contributed by atoms with Gasteiger partial charge in [-0.2, -0.15) is 0 Å². The summed E-state index contributed by atoms with van der Waals surface area (Å²) in [6.45, 7) is 5.15. The van der Waals surface area contributed by atoms with Gasteiger partial charge in [0.2, 0.25) is 0 Å². The van der Waals surface area contributed by atoms with Crippen LogP contribution in [0.5, 0.6) is 0 Å². The van der Waals surface area contributed by atoms with Gasteiger partial charge in [-0.3, -0.25) is 0 Å². The lowest BCUT2D eigenvalue weighted by molar-refractivity contribution is 0.244. The first-order chi connectivity index (χ1) is 8.96. The van der Waals surface area contributed by atoms with Crippen molar-refractivity contribution in [1.82, 2.24) is 5.32 Å². The third-order valence-corrected chi connectivity index (χ3v) is 4.05. The van der Waals surface area contributed by atoms with E-state index in [0.717, 1.165) is 6.42 Å². The lowest BCUT2D eigenvalue weighted by atomic mass is 10.2. The molecule has 0 fully saturated rings. The normalized spacial score (nSPS) is 11.3. The van der Waals surface area contributed by atoms with Crippen LogP contribution in [0.1, 0.15) is 12.0 Å². The summed E-state index contributed by atoms with van der Waals surface area (Å²) in [5.74, 6) is 0. The quantitative estimate of drug-likeness (QED) is 0.592. The first-order valence-corrected chi connectivity index (χ1v) is 8.14. The van der Waals surface area contributed by atoms with Crippen LogP contribution in [-0.2, 0) is 21.1 Å². The molecule has 0 saturated carbocycles. The second-order valence-corrected chi connectivity index (χ2v) is 6.45. The Kier molecular flexibility index (Phi) is 6.34. The molecule has 0 aromatic heterocycles. The van der Waals surface area contributed by atoms with E-state index < -0.39 is 9.84 Å². The van der Waals surface area contributed by atoms with Crippen molar-refractivity contribution in [2.24, 2.45) is 0 Å². The molecule has 0 saturated heterocycles. The van der Waals surface area contributed by atoms with E-state index in [1.807, 2.05) is 0 Å². The summed E-state index contributed by atoms with van der Waals surface area (Å²) >= 11 is 6.06. The molecule has 0 aliphatic heterocycles. The van der Waals surface area contributed by atoms with Gasteiger partial charge in [0.1, 0.15) is 0 Å². The van der Waals surface area contributed by atoms with Crippen LogP contribution in [0, 0.1) is 0 Å². The molecule has 106 valence electrons. The average molecular weight is 304 g/mol. The fourth-order valence-electron chi connectivity index (χ4n) is 1.64. The van der Waals surface area contributed by atoms with E-state index in [-0.39, 0.29) is 4.90 Å². The Labute approximate surface area is 119 Å². The molecule has 0 amide bonds. The minimum Gasteiger partial charge on any atom is -0.502 e. The summed E-state index contributed by atoms with van der Waals surface area (Å²) in [6.07, 6.45) is 3.39. The number of sulfone groups is 1. The van der Waals surface area contributed by atoms with Crippen LogP contribution >= 0.6 is 11.6 Å². The predicted molar refractivity (Wildman–Crippen MR) is 77.0 cm³/mol. The van der Waals surface area contributed by atoms with Crippen molar-refractivity contribution in [2.45, 2.75) is 17.9 Å². The molecule has 0 radical (unpaired) electrons. The smallest absolute Gasteiger partial charge is 0.175 e. The molecule has 1 rings (SSSR count). The Morgan fingerprint density at radius 1 is 1.47 bits per heavy atom. The standard InChI is InChI=1S/C13H18ClNO3S/c1-3-18-9-5-8-15-10-11-12(14)6-4-7-13(11)19(2,16)17/h3-4,6-7,15H,1,5,8-10H2,2H3. The summed E-state index contributed by atoms with van der Waals surface area (Å²) in [7, 11) is -3.27. The second kappa shape index (κ2) is 7.53. The van der Waals surface area contributed by atoms with Gasteiger partial charge in [-0.15, -0.1) is 0 Å². The highest BCUT2D eigenvalue weighted by Gasteiger charge is 2.15. The first-order valence-electron chi connectivity index (χ1n) is 5.87. The highest BCUT2D eigenvalue weighted by atomic mass is 35.5. The van der Waals surface area contributed by atoms with Gasteiger partial charge in [0.05, 0.1) is 17.8 Å². The van der Waals surface area contributed by atoms with Gasteiger partial charge in [-0.1, -0.05) is 24.2 Å². The predicted octanol–water partition coefficient (Wildman–Crippen LogP) is 2.38. The van der Waals surface area contributed by atoms with E-state index >= 15 is 0 Å². The molecule has 0 aliphatic rings. The Hall–Kier alpha value is -1.04. The minimum atomic E-state index is -3.27. The van der Waals surface area contributed by atoms with Crippen molar-refractivity contribution in [3.05, 3.63) is 41.6 Å². The molecule has 0 unspecified atom stereocenters. The first kappa shape index (κ1) is 16.0. The van der Waals surface area contributed by atoms with E-state index in [1.165, 1.54) is 12.5 Å². The molecule has 0 aliphatic carbocycles. The Balaban J connectivity index is 2.65. The zero-order valence-corrected chi connectivity index (χ0v) is 12.4. The van der Waals surface area contributed by atoms with Crippen molar-refractivity contribution in [3.8, 4) is 0 Å². The number of benzene rings is 1. The molecule has 0 spiro atoms. The van der Waals surface area contributed by atoms with Crippen LogP contribution in [-0.4, -0.2) is 27.8 Å². The van der Waals surface area contributed by atoms with Crippen molar-refractivity contribution in [3.63, 3.8) is 0 Å². The van der Waals surface area contributed by atoms with Gasteiger partial charge in [-0.25, -0.2) is 8.42 Å². The molecular formula is C13H18ClNO3S. The number of ether oxygens (including phenoxy) is 1. The number of halogens is 1. The van der Waals surface area contributed by atoms with Crippen LogP contribution in [0.25, 0.3) is 0 Å². The van der Waals surface area contributed by atoms with Crippen molar-refractivity contribution >= 4 is 21.4 Å². The molecule has 4 nitrogen and oxygen atoms in total. The largest absolute Gasteiger partial charge is 0.502 e. The van der Waals surface area contributed by atoms with Gasteiger partial charge in [-0.05, 0) is 25.1 Å². The van der Waals surface area contributed by atoms with Crippen LogP contribution in [0.3, 0.4) is 0 Å². The molecule has 1 aromatic rings. The SMILES string of the molecule is C=COCCCNCc1c(Cl)cccc1S(C)(=O)=O. The zero-order chi connectivity index (χ0) is 14.3. The van der Waals surface area contributed by atoms with Gasteiger partial charge >= 0.3 is 0 Å². The summed E-state index contributed by atoms with van der Waals surface area (Å²) < 4.78 is 28.3. The molecular weight excluding hydrogens is 286 g/mol. The Morgan fingerprint density at radius 2 is 2.21 bits per heavy atom.